The molecule has 1 heterocycles. The lowest BCUT2D eigenvalue weighted by Gasteiger charge is -2.32. The highest BCUT2D eigenvalue weighted by molar-refractivity contribution is 7.92. The first-order chi connectivity index (χ1) is 13.9. The molecule has 1 aromatic rings. The van der Waals surface area contributed by atoms with E-state index in [2.05, 4.69) is 29.8 Å². The molecule has 1 aromatic carbocycles. The number of hydrogen-bond donors (Lipinski definition) is 3. The highest BCUT2D eigenvalue weighted by Crippen LogP contribution is 2.20. The van der Waals surface area contributed by atoms with E-state index in [1.54, 1.807) is 19.1 Å². The van der Waals surface area contributed by atoms with E-state index in [-0.39, 0.29) is 23.8 Å². The second-order valence-corrected chi connectivity index (χ2v) is 8.93. The van der Waals surface area contributed by atoms with E-state index in [1.165, 1.54) is 12.1 Å². The average Bonchev–Trinajstić information content (AvgIpc) is 2.72. The first-order valence-corrected chi connectivity index (χ1v) is 11.4. The summed E-state index contributed by atoms with van der Waals surface area (Å²) in [6.07, 6.45) is 0. The van der Waals surface area contributed by atoms with E-state index >= 15 is 0 Å². The molecule has 2 atom stereocenters. The fraction of sp³-hybridized carbons (Fsp3) is 0.526. The van der Waals surface area contributed by atoms with Crippen LogP contribution in [0.1, 0.15) is 6.92 Å². The molecule has 10 heteroatoms. The van der Waals surface area contributed by atoms with Gasteiger partial charge in [0.2, 0.25) is 5.91 Å². The number of rotatable bonds is 10. The van der Waals surface area contributed by atoms with Gasteiger partial charge < -0.3 is 15.2 Å². The Morgan fingerprint density at radius 2 is 2.00 bits per heavy atom. The van der Waals surface area contributed by atoms with Crippen LogP contribution in [0.15, 0.2) is 29.2 Å². The smallest absolute Gasteiger partial charge is 0.235 e. The topological polar surface area (TPSA) is 111 Å². The SMILES string of the molecule is CC#CCOc1ccc(S(=O)(=O)C(CN2CCOCC2)N[C@@H](CS)C(N)=O)cc1. The van der Waals surface area contributed by atoms with E-state index in [1.807, 2.05) is 4.90 Å². The van der Waals surface area contributed by atoms with Crippen molar-refractivity contribution < 1.29 is 22.7 Å². The van der Waals surface area contributed by atoms with Crippen LogP contribution >= 0.6 is 12.6 Å². The summed E-state index contributed by atoms with van der Waals surface area (Å²) < 4.78 is 37.3. The Labute approximate surface area is 177 Å². The number of ether oxygens (including phenoxy) is 2. The zero-order chi connectivity index (χ0) is 21.3. The third kappa shape index (κ3) is 6.90. The molecule has 0 radical (unpaired) electrons. The van der Waals surface area contributed by atoms with Crippen molar-refractivity contribution in [3.05, 3.63) is 24.3 Å². The van der Waals surface area contributed by atoms with Gasteiger partial charge in [0.05, 0.1) is 24.2 Å². The lowest BCUT2D eigenvalue weighted by Crippen LogP contribution is -2.55. The molecular formula is C19H27N3O5S2. The molecule has 29 heavy (non-hydrogen) atoms. The number of amides is 1. The van der Waals surface area contributed by atoms with Crippen molar-refractivity contribution in [2.45, 2.75) is 23.2 Å². The zero-order valence-corrected chi connectivity index (χ0v) is 18.0. The van der Waals surface area contributed by atoms with Gasteiger partial charge in [-0.15, -0.1) is 5.92 Å². The molecule has 0 bridgehead atoms. The zero-order valence-electron chi connectivity index (χ0n) is 16.3. The molecule has 0 spiro atoms. The fourth-order valence-corrected chi connectivity index (χ4v) is 4.67. The Morgan fingerprint density at radius 3 is 2.55 bits per heavy atom. The molecule has 8 nitrogen and oxygen atoms in total. The summed E-state index contributed by atoms with van der Waals surface area (Å²) in [5.74, 6) is 5.47. The quantitative estimate of drug-likeness (QED) is 0.343. The Bertz CT molecular complexity index is 828. The van der Waals surface area contributed by atoms with Crippen LogP contribution in [-0.4, -0.2) is 75.8 Å². The summed E-state index contributed by atoms with van der Waals surface area (Å²) in [5.41, 5.74) is 5.38. The van der Waals surface area contributed by atoms with Gasteiger partial charge >= 0.3 is 0 Å². The number of nitrogens with two attached hydrogens (primary N) is 1. The molecule has 3 N–H and O–H groups in total. The number of nitrogens with zero attached hydrogens (tertiary/aromatic N) is 1. The van der Waals surface area contributed by atoms with E-state index in [0.29, 0.717) is 32.1 Å². The Kier molecular flexibility index (Phi) is 9.26. The second-order valence-electron chi connectivity index (χ2n) is 6.44. The number of thiol groups is 1. The third-order valence-corrected chi connectivity index (χ3v) is 6.78. The predicted molar refractivity (Wildman–Crippen MR) is 114 cm³/mol. The van der Waals surface area contributed by atoms with Gasteiger partial charge in [-0.25, -0.2) is 8.42 Å². The average molecular weight is 442 g/mol. The highest BCUT2D eigenvalue weighted by Gasteiger charge is 2.33. The fourth-order valence-electron chi connectivity index (χ4n) is 2.79. The highest BCUT2D eigenvalue weighted by atomic mass is 32.2. The van der Waals surface area contributed by atoms with E-state index < -0.39 is 27.2 Å². The number of nitrogens with one attached hydrogen (secondary N) is 1. The molecule has 1 amide bonds. The van der Waals surface area contributed by atoms with E-state index in [9.17, 15) is 13.2 Å². The maximum atomic E-state index is 13.3. The van der Waals surface area contributed by atoms with Gasteiger partial charge in [-0.2, -0.15) is 12.6 Å². The molecule has 160 valence electrons. The summed E-state index contributed by atoms with van der Waals surface area (Å²) in [6, 6.07) is 5.27. The Morgan fingerprint density at radius 1 is 1.34 bits per heavy atom. The van der Waals surface area contributed by atoms with Crippen molar-refractivity contribution in [1.29, 1.82) is 0 Å². The van der Waals surface area contributed by atoms with Gasteiger partial charge in [0.1, 0.15) is 17.7 Å². The largest absolute Gasteiger partial charge is 0.481 e. The molecule has 1 aliphatic heterocycles. The van der Waals surface area contributed by atoms with Crippen LogP contribution in [0.3, 0.4) is 0 Å². The summed E-state index contributed by atoms with van der Waals surface area (Å²) in [7, 11) is -3.80. The maximum Gasteiger partial charge on any atom is 0.235 e. The minimum atomic E-state index is -3.80. The van der Waals surface area contributed by atoms with Gasteiger partial charge in [-0.05, 0) is 31.2 Å². The summed E-state index contributed by atoms with van der Waals surface area (Å²) >= 11 is 4.11. The normalized spacial score (nSPS) is 17.0. The number of carbonyl (C=O) groups is 1. The van der Waals surface area contributed by atoms with Crippen LogP contribution in [0.2, 0.25) is 0 Å². The van der Waals surface area contributed by atoms with Crippen LogP contribution in [0.4, 0.5) is 0 Å². The molecular weight excluding hydrogens is 414 g/mol. The summed E-state index contributed by atoms with van der Waals surface area (Å²) in [4.78, 5) is 13.8. The van der Waals surface area contributed by atoms with Gasteiger partial charge in [-0.1, -0.05) is 5.92 Å². The van der Waals surface area contributed by atoms with Crippen LogP contribution in [0.25, 0.3) is 0 Å². The van der Waals surface area contributed by atoms with Crippen molar-refractivity contribution >= 4 is 28.4 Å². The number of carbonyl (C=O) groups excluding carboxylic acids is 1. The first-order valence-electron chi connectivity index (χ1n) is 9.21. The van der Waals surface area contributed by atoms with Crippen molar-refractivity contribution in [2.24, 2.45) is 5.73 Å². The van der Waals surface area contributed by atoms with E-state index in [0.717, 1.165) is 0 Å². The number of sulfone groups is 1. The predicted octanol–water partition coefficient (Wildman–Crippen LogP) is -0.106. The van der Waals surface area contributed by atoms with Crippen molar-refractivity contribution in [1.82, 2.24) is 10.2 Å². The number of benzene rings is 1. The van der Waals surface area contributed by atoms with E-state index in [4.69, 9.17) is 15.2 Å². The van der Waals surface area contributed by atoms with Crippen LogP contribution in [0, 0.1) is 11.8 Å². The molecule has 1 saturated heterocycles. The monoisotopic (exact) mass is 441 g/mol. The molecule has 1 aliphatic rings. The van der Waals surface area contributed by atoms with Crippen molar-refractivity contribution in [3.63, 3.8) is 0 Å². The second kappa shape index (κ2) is 11.4. The number of hydrogen-bond acceptors (Lipinski definition) is 8. The molecule has 1 fully saturated rings. The standard InChI is InChI=1S/C19H27N3O5S2/c1-2-3-10-27-15-4-6-16(7-5-15)29(24,25)18(21-17(14-28)19(20)23)13-22-8-11-26-12-9-22/h4-7,17-18,21,28H,8-14H2,1H3,(H2,20,23)/t17-,18?/m0/s1. The van der Waals surface area contributed by atoms with Crippen LogP contribution in [0.5, 0.6) is 5.75 Å². The van der Waals surface area contributed by atoms with Crippen LogP contribution in [-0.2, 0) is 19.4 Å². The summed E-state index contributed by atoms with van der Waals surface area (Å²) in [6.45, 7) is 4.43. The van der Waals surface area contributed by atoms with Crippen molar-refractivity contribution in [2.75, 3.05) is 45.2 Å². The molecule has 0 aromatic heterocycles. The Hall–Kier alpha value is -1.77. The number of primary amides is 1. The molecule has 2 rings (SSSR count). The van der Waals surface area contributed by atoms with Gasteiger partial charge in [0.25, 0.3) is 0 Å². The molecule has 0 saturated carbocycles. The minimum Gasteiger partial charge on any atom is -0.481 e. The lowest BCUT2D eigenvalue weighted by atomic mass is 10.3. The molecule has 0 aliphatic carbocycles. The number of morpholine rings is 1. The van der Waals surface area contributed by atoms with Gasteiger partial charge in [0, 0.05) is 25.4 Å². The lowest BCUT2D eigenvalue weighted by molar-refractivity contribution is -0.119. The van der Waals surface area contributed by atoms with Crippen LogP contribution < -0.4 is 15.8 Å². The first kappa shape index (κ1) is 23.5. The maximum absolute atomic E-state index is 13.3. The minimum absolute atomic E-state index is 0.0930. The van der Waals surface area contributed by atoms with Crippen molar-refractivity contribution in [3.8, 4) is 17.6 Å². The van der Waals surface area contributed by atoms with Gasteiger partial charge in [0.15, 0.2) is 9.84 Å². The summed E-state index contributed by atoms with van der Waals surface area (Å²) in [5, 5.41) is 1.85. The van der Waals surface area contributed by atoms with Gasteiger partial charge in [-0.3, -0.25) is 15.0 Å². The Balaban J connectivity index is 2.23. The molecule has 1 unspecified atom stereocenters. The third-order valence-electron chi connectivity index (χ3n) is 4.46.